The standard InChI is InChI=1S/C21H16F4N2O3S/c1-12-8-14(22)6-7-18(12)30-20-17(9-13(11-26-20)21(23,24)25)19(28)27-15-4-3-5-16(10-15)31(2)29/h3-11H,1-2H3,(H,27,28)/t31-/m1/s1. The Bertz CT molecular complexity index is 1170. The van der Waals surface area contributed by atoms with Crippen LogP contribution in [0.1, 0.15) is 21.5 Å². The first kappa shape index (κ1) is 22.4. The molecule has 31 heavy (non-hydrogen) atoms. The molecule has 0 aliphatic carbocycles. The van der Waals surface area contributed by atoms with Gasteiger partial charge < -0.3 is 10.1 Å². The van der Waals surface area contributed by atoms with Gasteiger partial charge in [-0.05, 0) is 55.0 Å². The molecule has 1 amide bonds. The monoisotopic (exact) mass is 452 g/mol. The fourth-order valence-electron chi connectivity index (χ4n) is 2.63. The number of anilines is 1. The quantitative estimate of drug-likeness (QED) is 0.532. The lowest BCUT2D eigenvalue weighted by Crippen LogP contribution is -2.16. The van der Waals surface area contributed by atoms with Crippen molar-refractivity contribution in [2.24, 2.45) is 0 Å². The number of nitrogens with zero attached hydrogens (tertiary/aromatic N) is 1. The minimum atomic E-state index is -4.73. The van der Waals surface area contributed by atoms with Crippen molar-refractivity contribution >= 4 is 22.4 Å². The second kappa shape index (κ2) is 8.84. The number of halogens is 4. The van der Waals surface area contributed by atoms with Gasteiger partial charge in [-0.25, -0.2) is 9.37 Å². The van der Waals surface area contributed by atoms with Crippen molar-refractivity contribution in [2.75, 3.05) is 11.6 Å². The molecule has 2 aromatic carbocycles. The van der Waals surface area contributed by atoms with Crippen molar-refractivity contribution in [1.29, 1.82) is 0 Å². The van der Waals surface area contributed by atoms with E-state index in [1.165, 1.54) is 30.5 Å². The van der Waals surface area contributed by atoms with E-state index < -0.39 is 39.8 Å². The van der Waals surface area contributed by atoms with Gasteiger partial charge in [0.15, 0.2) is 0 Å². The molecule has 0 saturated heterocycles. The molecule has 0 aliphatic rings. The Morgan fingerprint density at radius 2 is 1.87 bits per heavy atom. The first-order valence-electron chi connectivity index (χ1n) is 8.80. The van der Waals surface area contributed by atoms with Crippen LogP contribution < -0.4 is 10.1 Å². The van der Waals surface area contributed by atoms with Gasteiger partial charge in [0.05, 0.1) is 5.56 Å². The average Bonchev–Trinajstić information content (AvgIpc) is 2.69. The van der Waals surface area contributed by atoms with Crippen LogP contribution in [-0.4, -0.2) is 21.4 Å². The number of hydrogen-bond donors (Lipinski definition) is 1. The van der Waals surface area contributed by atoms with Gasteiger partial charge in [0, 0.05) is 33.8 Å². The smallest absolute Gasteiger partial charge is 0.417 e. The fourth-order valence-corrected chi connectivity index (χ4v) is 3.20. The average molecular weight is 452 g/mol. The molecule has 5 nitrogen and oxygen atoms in total. The van der Waals surface area contributed by atoms with E-state index in [0.717, 1.165) is 6.07 Å². The highest BCUT2D eigenvalue weighted by Crippen LogP contribution is 2.33. The third kappa shape index (κ3) is 5.46. The van der Waals surface area contributed by atoms with E-state index in [4.69, 9.17) is 4.74 Å². The first-order chi connectivity index (χ1) is 14.5. The largest absolute Gasteiger partial charge is 0.438 e. The van der Waals surface area contributed by atoms with Crippen LogP contribution in [0.4, 0.5) is 23.2 Å². The van der Waals surface area contributed by atoms with Gasteiger partial charge in [0.1, 0.15) is 17.1 Å². The Morgan fingerprint density at radius 3 is 2.52 bits per heavy atom. The molecule has 1 heterocycles. The van der Waals surface area contributed by atoms with Gasteiger partial charge in [-0.3, -0.25) is 9.00 Å². The molecule has 1 N–H and O–H groups in total. The van der Waals surface area contributed by atoms with Gasteiger partial charge in [-0.1, -0.05) is 6.07 Å². The molecule has 162 valence electrons. The predicted molar refractivity (Wildman–Crippen MR) is 107 cm³/mol. The summed E-state index contributed by atoms with van der Waals surface area (Å²) in [5.41, 5.74) is -1.00. The summed E-state index contributed by atoms with van der Waals surface area (Å²) >= 11 is 0. The summed E-state index contributed by atoms with van der Waals surface area (Å²) in [5.74, 6) is -1.68. The predicted octanol–water partition coefficient (Wildman–Crippen LogP) is 5.33. The number of benzene rings is 2. The van der Waals surface area contributed by atoms with Crippen LogP contribution >= 0.6 is 0 Å². The number of nitrogens with one attached hydrogen (secondary N) is 1. The van der Waals surface area contributed by atoms with Crippen molar-refractivity contribution in [3.63, 3.8) is 0 Å². The Balaban J connectivity index is 2.00. The van der Waals surface area contributed by atoms with Gasteiger partial charge in [0.25, 0.3) is 5.91 Å². The summed E-state index contributed by atoms with van der Waals surface area (Å²) in [4.78, 5) is 16.9. The number of aryl methyl sites for hydroxylation is 1. The molecular formula is C21H16F4N2O3S. The summed E-state index contributed by atoms with van der Waals surface area (Å²) < 4.78 is 70.0. The van der Waals surface area contributed by atoms with Crippen molar-refractivity contribution in [1.82, 2.24) is 4.98 Å². The van der Waals surface area contributed by atoms with Crippen LogP contribution in [0.15, 0.2) is 59.6 Å². The number of amides is 1. The molecule has 0 aliphatic heterocycles. The Hall–Kier alpha value is -3.27. The maximum atomic E-state index is 13.3. The minimum Gasteiger partial charge on any atom is -0.438 e. The van der Waals surface area contributed by atoms with Crippen LogP contribution in [0.3, 0.4) is 0 Å². The van der Waals surface area contributed by atoms with Crippen molar-refractivity contribution in [3.05, 3.63) is 77.2 Å². The third-order valence-corrected chi connectivity index (χ3v) is 5.11. The number of carbonyl (C=O) groups excluding carboxylic acids is 1. The lowest BCUT2D eigenvalue weighted by atomic mass is 10.1. The van der Waals surface area contributed by atoms with Crippen molar-refractivity contribution in [2.45, 2.75) is 18.0 Å². The van der Waals surface area contributed by atoms with E-state index in [-0.39, 0.29) is 17.3 Å². The molecule has 1 aromatic heterocycles. The molecule has 0 unspecified atom stereocenters. The molecule has 3 rings (SSSR count). The number of aromatic nitrogens is 1. The zero-order valence-electron chi connectivity index (χ0n) is 16.3. The van der Waals surface area contributed by atoms with E-state index >= 15 is 0 Å². The number of rotatable bonds is 5. The molecule has 3 aromatic rings. The number of pyridine rings is 1. The van der Waals surface area contributed by atoms with Gasteiger partial charge in [-0.15, -0.1) is 0 Å². The number of carbonyl (C=O) groups is 1. The Kier molecular flexibility index (Phi) is 6.40. The van der Waals surface area contributed by atoms with E-state index in [1.807, 2.05) is 0 Å². The first-order valence-corrected chi connectivity index (χ1v) is 10.4. The minimum absolute atomic E-state index is 0.131. The summed E-state index contributed by atoms with van der Waals surface area (Å²) in [5, 5.41) is 2.46. The highest BCUT2D eigenvalue weighted by molar-refractivity contribution is 7.84. The number of ether oxygens (including phenoxy) is 1. The van der Waals surface area contributed by atoms with Crippen LogP contribution in [0.5, 0.6) is 11.6 Å². The highest BCUT2D eigenvalue weighted by Gasteiger charge is 2.33. The molecule has 1 atom stereocenters. The number of alkyl halides is 3. The Labute approximate surface area is 177 Å². The SMILES string of the molecule is Cc1cc(F)ccc1Oc1ncc(C(F)(F)F)cc1C(=O)Nc1cccc([S@@](C)=O)c1. The molecule has 10 heteroatoms. The highest BCUT2D eigenvalue weighted by atomic mass is 32.2. The zero-order chi connectivity index (χ0) is 22.8. The van der Waals surface area contributed by atoms with Crippen LogP contribution in [0.2, 0.25) is 0 Å². The maximum Gasteiger partial charge on any atom is 0.417 e. The lowest BCUT2D eigenvalue weighted by Gasteiger charge is -2.14. The molecule has 0 fully saturated rings. The zero-order valence-corrected chi connectivity index (χ0v) is 17.1. The Morgan fingerprint density at radius 1 is 1.13 bits per heavy atom. The molecule has 0 saturated carbocycles. The van der Waals surface area contributed by atoms with Gasteiger partial charge in [-0.2, -0.15) is 13.2 Å². The van der Waals surface area contributed by atoms with E-state index in [2.05, 4.69) is 10.3 Å². The van der Waals surface area contributed by atoms with E-state index in [0.29, 0.717) is 22.7 Å². The number of hydrogen-bond acceptors (Lipinski definition) is 4. The van der Waals surface area contributed by atoms with Gasteiger partial charge >= 0.3 is 6.18 Å². The molecular weight excluding hydrogens is 436 g/mol. The fraction of sp³-hybridized carbons (Fsp3) is 0.143. The second-order valence-electron chi connectivity index (χ2n) is 6.52. The molecule has 0 spiro atoms. The van der Waals surface area contributed by atoms with Gasteiger partial charge in [0.2, 0.25) is 5.88 Å². The van der Waals surface area contributed by atoms with Crippen molar-refractivity contribution in [3.8, 4) is 11.6 Å². The van der Waals surface area contributed by atoms with Crippen LogP contribution in [0.25, 0.3) is 0 Å². The topological polar surface area (TPSA) is 68.3 Å². The van der Waals surface area contributed by atoms with Crippen LogP contribution in [-0.2, 0) is 17.0 Å². The molecule has 0 radical (unpaired) electrons. The second-order valence-corrected chi connectivity index (χ2v) is 7.90. The lowest BCUT2D eigenvalue weighted by molar-refractivity contribution is -0.137. The summed E-state index contributed by atoms with van der Waals surface area (Å²) in [6.45, 7) is 1.54. The van der Waals surface area contributed by atoms with E-state index in [9.17, 15) is 26.6 Å². The summed E-state index contributed by atoms with van der Waals surface area (Å²) in [7, 11) is -1.32. The normalized spacial score (nSPS) is 12.3. The van der Waals surface area contributed by atoms with E-state index in [1.54, 1.807) is 19.1 Å². The van der Waals surface area contributed by atoms with Crippen LogP contribution in [0, 0.1) is 12.7 Å². The molecule has 0 bridgehead atoms. The van der Waals surface area contributed by atoms with Crippen molar-refractivity contribution < 1.29 is 31.3 Å². The maximum absolute atomic E-state index is 13.3. The summed E-state index contributed by atoms with van der Waals surface area (Å²) in [6, 6.07) is 10.3. The summed E-state index contributed by atoms with van der Waals surface area (Å²) in [6.07, 6.45) is -2.73. The third-order valence-electron chi connectivity index (χ3n) is 4.19.